The Morgan fingerprint density at radius 3 is 2.95 bits per heavy atom. The second kappa shape index (κ2) is 4.66. The van der Waals surface area contributed by atoms with Gasteiger partial charge in [-0.15, -0.1) is 0 Å². The molecule has 1 saturated heterocycles. The lowest BCUT2D eigenvalue weighted by Crippen LogP contribution is -2.37. The van der Waals surface area contributed by atoms with Crippen molar-refractivity contribution in [3.8, 4) is 11.4 Å². The number of benzene rings is 1. The molecule has 5 nitrogen and oxygen atoms in total. The maximum Gasteiger partial charge on any atom is 0.249 e. The molecule has 1 atom stereocenters. The van der Waals surface area contributed by atoms with Gasteiger partial charge in [0, 0.05) is 12.2 Å². The lowest BCUT2D eigenvalue weighted by atomic mass is 10.0. The van der Waals surface area contributed by atoms with Crippen LogP contribution in [-0.2, 0) is 10.3 Å². The topological polar surface area (TPSA) is 74.2 Å². The van der Waals surface area contributed by atoms with E-state index in [1.807, 2.05) is 0 Å². The van der Waals surface area contributed by atoms with Gasteiger partial charge in [0.1, 0.15) is 11.4 Å². The zero-order valence-corrected chi connectivity index (χ0v) is 11.5. The van der Waals surface area contributed by atoms with Crippen molar-refractivity contribution in [1.82, 2.24) is 10.1 Å². The SMILES string of the molecule is NC1(c2nc(-c3ccc(F)c(Br)c3)no2)CCOC1. The lowest BCUT2D eigenvalue weighted by Gasteiger charge is -2.14. The molecule has 0 spiro atoms. The lowest BCUT2D eigenvalue weighted by molar-refractivity contribution is 0.166. The molecule has 0 aliphatic carbocycles. The van der Waals surface area contributed by atoms with Gasteiger partial charge in [-0.1, -0.05) is 5.16 Å². The van der Waals surface area contributed by atoms with Crippen LogP contribution < -0.4 is 5.73 Å². The Bertz CT molecular complexity index is 611. The maximum absolute atomic E-state index is 13.2. The monoisotopic (exact) mass is 327 g/mol. The first-order valence-corrected chi connectivity index (χ1v) is 6.54. The second-order valence-electron chi connectivity index (χ2n) is 4.51. The Labute approximate surface area is 117 Å². The van der Waals surface area contributed by atoms with Gasteiger partial charge in [-0.25, -0.2) is 4.39 Å². The van der Waals surface area contributed by atoms with Crippen molar-refractivity contribution in [1.29, 1.82) is 0 Å². The van der Waals surface area contributed by atoms with Crippen LogP contribution in [0.3, 0.4) is 0 Å². The highest BCUT2D eigenvalue weighted by Gasteiger charge is 2.38. The van der Waals surface area contributed by atoms with E-state index in [0.29, 0.717) is 41.4 Å². The molecule has 0 saturated carbocycles. The van der Waals surface area contributed by atoms with Crippen LogP contribution in [0.4, 0.5) is 4.39 Å². The third-order valence-corrected chi connectivity index (χ3v) is 3.69. The fourth-order valence-electron chi connectivity index (χ4n) is 1.93. The van der Waals surface area contributed by atoms with E-state index in [1.54, 1.807) is 12.1 Å². The fourth-order valence-corrected chi connectivity index (χ4v) is 2.31. The van der Waals surface area contributed by atoms with Gasteiger partial charge in [0.2, 0.25) is 11.7 Å². The van der Waals surface area contributed by atoms with Crippen molar-refractivity contribution in [2.45, 2.75) is 12.0 Å². The number of aromatic nitrogens is 2. The summed E-state index contributed by atoms with van der Waals surface area (Å²) in [7, 11) is 0. The molecule has 1 aromatic carbocycles. The number of halogens is 2. The number of hydrogen-bond donors (Lipinski definition) is 1. The molecule has 1 fully saturated rings. The van der Waals surface area contributed by atoms with Gasteiger partial charge in [-0.2, -0.15) is 4.98 Å². The van der Waals surface area contributed by atoms with Crippen molar-refractivity contribution in [2.75, 3.05) is 13.2 Å². The quantitative estimate of drug-likeness (QED) is 0.915. The van der Waals surface area contributed by atoms with Crippen molar-refractivity contribution in [3.63, 3.8) is 0 Å². The molecular weight excluding hydrogens is 317 g/mol. The van der Waals surface area contributed by atoms with Crippen LogP contribution in [0.1, 0.15) is 12.3 Å². The van der Waals surface area contributed by atoms with Gasteiger partial charge in [-0.3, -0.25) is 0 Å². The summed E-state index contributed by atoms with van der Waals surface area (Å²) in [5.74, 6) is 0.389. The first kappa shape index (κ1) is 12.7. The molecule has 2 heterocycles. The summed E-state index contributed by atoms with van der Waals surface area (Å²) in [6.45, 7) is 0.943. The van der Waals surface area contributed by atoms with Crippen molar-refractivity contribution in [2.24, 2.45) is 5.73 Å². The molecule has 1 aromatic heterocycles. The second-order valence-corrected chi connectivity index (χ2v) is 5.37. The predicted octanol–water partition coefficient (Wildman–Crippen LogP) is 2.21. The summed E-state index contributed by atoms with van der Waals surface area (Å²) in [5.41, 5.74) is 6.07. The van der Waals surface area contributed by atoms with Crippen LogP contribution in [0, 0.1) is 5.82 Å². The molecule has 0 radical (unpaired) electrons. The van der Waals surface area contributed by atoms with Crippen molar-refractivity contribution in [3.05, 3.63) is 34.4 Å². The van der Waals surface area contributed by atoms with E-state index < -0.39 is 5.54 Å². The molecular formula is C12H11BrFN3O2. The number of hydrogen-bond acceptors (Lipinski definition) is 5. The predicted molar refractivity (Wildman–Crippen MR) is 68.7 cm³/mol. The van der Waals surface area contributed by atoms with Crippen LogP contribution in [0.2, 0.25) is 0 Å². The fraction of sp³-hybridized carbons (Fsp3) is 0.333. The van der Waals surface area contributed by atoms with E-state index in [1.165, 1.54) is 6.07 Å². The highest BCUT2D eigenvalue weighted by Crippen LogP contribution is 2.29. The molecule has 1 aliphatic rings. The maximum atomic E-state index is 13.2. The Balaban J connectivity index is 1.94. The van der Waals surface area contributed by atoms with E-state index in [2.05, 4.69) is 26.1 Å². The molecule has 2 aromatic rings. The van der Waals surface area contributed by atoms with E-state index in [9.17, 15) is 4.39 Å². The van der Waals surface area contributed by atoms with Crippen LogP contribution in [0.15, 0.2) is 27.2 Å². The smallest absolute Gasteiger partial charge is 0.249 e. The number of nitrogens with two attached hydrogens (primary N) is 1. The average molecular weight is 328 g/mol. The Morgan fingerprint density at radius 1 is 1.42 bits per heavy atom. The van der Waals surface area contributed by atoms with E-state index in [0.717, 1.165) is 0 Å². The standard InChI is InChI=1S/C12H11BrFN3O2/c13-8-5-7(1-2-9(8)14)10-16-11(19-17-10)12(15)3-4-18-6-12/h1-2,5H,3-4,6,15H2. The largest absolute Gasteiger partial charge is 0.379 e. The van der Waals surface area contributed by atoms with Gasteiger partial charge >= 0.3 is 0 Å². The van der Waals surface area contributed by atoms with Crippen molar-refractivity contribution >= 4 is 15.9 Å². The molecule has 3 rings (SSSR count). The van der Waals surface area contributed by atoms with Crippen LogP contribution >= 0.6 is 15.9 Å². The summed E-state index contributed by atoms with van der Waals surface area (Å²) >= 11 is 3.12. The third-order valence-electron chi connectivity index (χ3n) is 3.08. The molecule has 0 amide bonds. The summed E-state index contributed by atoms with van der Waals surface area (Å²) in [5, 5.41) is 3.88. The summed E-state index contributed by atoms with van der Waals surface area (Å²) in [6.07, 6.45) is 0.641. The zero-order valence-electron chi connectivity index (χ0n) is 9.90. The van der Waals surface area contributed by atoms with E-state index in [4.69, 9.17) is 15.0 Å². The minimum absolute atomic E-state index is 0.341. The first-order valence-electron chi connectivity index (χ1n) is 5.75. The number of ether oxygens (including phenoxy) is 1. The molecule has 1 aliphatic heterocycles. The molecule has 0 bridgehead atoms. The first-order chi connectivity index (χ1) is 9.08. The third kappa shape index (κ3) is 2.29. The normalized spacial score (nSPS) is 22.9. The van der Waals surface area contributed by atoms with Gasteiger partial charge in [0.25, 0.3) is 0 Å². The Hall–Kier alpha value is -1.31. The highest BCUT2D eigenvalue weighted by atomic mass is 79.9. The molecule has 1 unspecified atom stereocenters. The van der Waals surface area contributed by atoms with Gasteiger partial charge in [-0.05, 0) is 40.5 Å². The molecule has 2 N–H and O–H groups in total. The summed E-state index contributed by atoms with van der Waals surface area (Å²) in [6, 6.07) is 4.52. The molecule has 7 heteroatoms. The minimum atomic E-state index is -0.720. The van der Waals surface area contributed by atoms with Crippen LogP contribution in [0.25, 0.3) is 11.4 Å². The van der Waals surface area contributed by atoms with Crippen molar-refractivity contribution < 1.29 is 13.7 Å². The van der Waals surface area contributed by atoms with Crippen LogP contribution in [0.5, 0.6) is 0 Å². The minimum Gasteiger partial charge on any atom is -0.379 e. The highest BCUT2D eigenvalue weighted by molar-refractivity contribution is 9.10. The van der Waals surface area contributed by atoms with Gasteiger partial charge in [0.15, 0.2) is 0 Å². The van der Waals surface area contributed by atoms with E-state index >= 15 is 0 Å². The van der Waals surface area contributed by atoms with E-state index in [-0.39, 0.29) is 5.82 Å². The van der Waals surface area contributed by atoms with Gasteiger partial charge in [0.05, 0.1) is 11.1 Å². The molecule has 19 heavy (non-hydrogen) atoms. The Morgan fingerprint density at radius 2 is 2.26 bits per heavy atom. The average Bonchev–Trinajstić information content (AvgIpc) is 3.02. The van der Waals surface area contributed by atoms with Crippen LogP contribution in [-0.4, -0.2) is 23.4 Å². The Kier molecular flexibility index (Phi) is 3.12. The molecule has 100 valence electrons. The summed E-state index contributed by atoms with van der Waals surface area (Å²) < 4.78 is 24.0. The summed E-state index contributed by atoms with van der Waals surface area (Å²) in [4.78, 5) is 4.28. The number of nitrogens with zero attached hydrogens (tertiary/aromatic N) is 2. The van der Waals surface area contributed by atoms with Gasteiger partial charge < -0.3 is 15.0 Å². The zero-order chi connectivity index (χ0) is 13.5. The number of rotatable bonds is 2.